The van der Waals surface area contributed by atoms with E-state index in [1.165, 1.54) is 0 Å². The summed E-state index contributed by atoms with van der Waals surface area (Å²) in [6.45, 7) is 2.22. The summed E-state index contributed by atoms with van der Waals surface area (Å²) in [6, 6.07) is 21.7. The minimum Gasteiger partial charge on any atom is -0.348 e. The highest BCUT2D eigenvalue weighted by Gasteiger charge is 2.15. The van der Waals surface area contributed by atoms with E-state index in [4.69, 9.17) is 0 Å². The van der Waals surface area contributed by atoms with Gasteiger partial charge < -0.3 is 16.0 Å². The van der Waals surface area contributed by atoms with Crippen molar-refractivity contribution in [3.63, 3.8) is 0 Å². The molecule has 0 saturated heterocycles. The Kier molecular flexibility index (Phi) is 8.26. The van der Waals surface area contributed by atoms with Crippen LogP contribution in [0.1, 0.15) is 21.6 Å². The number of benzene rings is 2. The lowest BCUT2D eigenvalue weighted by Gasteiger charge is -2.17. The first kappa shape index (κ1) is 23.6. The van der Waals surface area contributed by atoms with E-state index in [2.05, 4.69) is 20.9 Å². The van der Waals surface area contributed by atoms with Crippen molar-refractivity contribution >= 4 is 29.2 Å². The van der Waals surface area contributed by atoms with Crippen LogP contribution in [0.3, 0.4) is 0 Å². The number of rotatable bonds is 9. The molecule has 0 aliphatic heterocycles. The van der Waals surface area contributed by atoms with Gasteiger partial charge in [0.05, 0.1) is 24.3 Å². The molecule has 0 aliphatic carbocycles. The van der Waals surface area contributed by atoms with E-state index in [1.54, 1.807) is 42.3 Å². The van der Waals surface area contributed by atoms with E-state index in [9.17, 15) is 14.4 Å². The second kappa shape index (κ2) is 11.5. The van der Waals surface area contributed by atoms with Gasteiger partial charge in [-0.3, -0.25) is 19.3 Å². The Bertz CT molecular complexity index is 1120. The molecule has 0 spiro atoms. The van der Waals surface area contributed by atoms with Crippen molar-refractivity contribution in [1.82, 2.24) is 15.2 Å². The van der Waals surface area contributed by atoms with Gasteiger partial charge in [0.25, 0.3) is 5.91 Å². The first-order valence-electron chi connectivity index (χ1n) is 10.5. The molecular weight excluding hydrogens is 418 g/mol. The van der Waals surface area contributed by atoms with Crippen LogP contribution in [0.15, 0.2) is 72.8 Å². The molecule has 8 heteroatoms. The summed E-state index contributed by atoms with van der Waals surface area (Å²) >= 11 is 0. The standard InChI is InChI=1S/C25H27N5O3/c1-18-9-8-14-22(27-18)29-24(32)17-30(2)16-23(31)28-21-13-7-6-12-20(21)25(33)26-15-19-10-4-3-5-11-19/h3-14H,15-17H2,1-2H3,(H,26,33)(H,28,31)(H,27,29,32). The number of carbonyl (C=O) groups excluding carboxylic acids is 3. The molecule has 0 saturated carbocycles. The van der Waals surface area contributed by atoms with Gasteiger partial charge in [-0.1, -0.05) is 48.5 Å². The average Bonchev–Trinajstić information content (AvgIpc) is 2.78. The Labute approximate surface area is 193 Å². The number of carbonyl (C=O) groups is 3. The number of hydrogen-bond acceptors (Lipinski definition) is 5. The number of hydrogen-bond donors (Lipinski definition) is 3. The number of nitrogens with one attached hydrogen (secondary N) is 3. The maximum atomic E-state index is 12.7. The number of pyridine rings is 1. The van der Waals surface area contributed by atoms with Crippen LogP contribution in [0, 0.1) is 6.92 Å². The molecule has 0 atom stereocenters. The third kappa shape index (κ3) is 7.55. The first-order valence-corrected chi connectivity index (χ1v) is 10.5. The predicted molar refractivity (Wildman–Crippen MR) is 128 cm³/mol. The lowest BCUT2D eigenvalue weighted by atomic mass is 10.1. The van der Waals surface area contributed by atoms with Crippen molar-refractivity contribution in [3.05, 3.63) is 89.6 Å². The summed E-state index contributed by atoms with van der Waals surface area (Å²) < 4.78 is 0. The predicted octanol–water partition coefficient (Wildman–Crippen LogP) is 2.83. The number of amides is 3. The van der Waals surface area contributed by atoms with Crippen LogP contribution in [0.4, 0.5) is 11.5 Å². The summed E-state index contributed by atoms with van der Waals surface area (Å²) in [5.41, 5.74) is 2.56. The monoisotopic (exact) mass is 445 g/mol. The minimum atomic E-state index is -0.331. The molecule has 0 radical (unpaired) electrons. The van der Waals surface area contributed by atoms with E-state index in [1.807, 2.05) is 49.4 Å². The molecule has 0 aliphatic rings. The SMILES string of the molecule is Cc1cccc(NC(=O)CN(C)CC(=O)Nc2ccccc2C(=O)NCc2ccccc2)n1. The Morgan fingerprint density at radius 1 is 0.818 bits per heavy atom. The molecule has 170 valence electrons. The van der Waals surface area contributed by atoms with Gasteiger partial charge in [0, 0.05) is 12.2 Å². The van der Waals surface area contributed by atoms with Crippen LogP contribution in [0.25, 0.3) is 0 Å². The molecule has 0 fully saturated rings. The van der Waals surface area contributed by atoms with E-state index in [0.29, 0.717) is 23.6 Å². The van der Waals surface area contributed by atoms with Crippen LogP contribution in [-0.4, -0.2) is 47.7 Å². The van der Waals surface area contributed by atoms with Gasteiger partial charge in [-0.15, -0.1) is 0 Å². The lowest BCUT2D eigenvalue weighted by molar-refractivity contribution is -0.119. The Hall–Kier alpha value is -4.04. The van der Waals surface area contributed by atoms with Crippen molar-refractivity contribution in [2.24, 2.45) is 0 Å². The Morgan fingerprint density at radius 2 is 1.48 bits per heavy atom. The molecule has 3 N–H and O–H groups in total. The van der Waals surface area contributed by atoms with Crippen molar-refractivity contribution < 1.29 is 14.4 Å². The second-order valence-electron chi connectivity index (χ2n) is 7.65. The summed E-state index contributed by atoms with van der Waals surface area (Å²) in [4.78, 5) is 43.2. The van der Waals surface area contributed by atoms with Gasteiger partial charge >= 0.3 is 0 Å². The fourth-order valence-corrected chi connectivity index (χ4v) is 3.19. The highest BCUT2D eigenvalue weighted by Crippen LogP contribution is 2.15. The van der Waals surface area contributed by atoms with E-state index < -0.39 is 0 Å². The first-order chi connectivity index (χ1) is 15.9. The third-order valence-corrected chi connectivity index (χ3v) is 4.72. The topological polar surface area (TPSA) is 103 Å². The number of aryl methyl sites for hydroxylation is 1. The van der Waals surface area contributed by atoms with Crippen molar-refractivity contribution in [2.75, 3.05) is 30.8 Å². The smallest absolute Gasteiger partial charge is 0.253 e. The van der Waals surface area contributed by atoms with Gasteiger partial charge in [-0.25, -0.2) is 4.98 Å². The van der Waals surface area contributed by atoms with Gasteiger partial charge in [0.15, 0.2) is 0 Å². The average molecular weight is 446 g/mol. The van der Waals surface area contributed by atoms with Crippen molar-refractivity contribution in [2.45, 2.75) is 13.5 Å². The molecule has 2 aromatic carbocycles. The molecule has 1 heterocycles. The number of anilines is 2. The molecule has 0 bridgehead atoms. The fourth-order valence-electron chi connectivity index (χ4n) is 3.19. The summed E-state index contributed by atoms with van der Waals surface area (Å²) in [7, 11) is 1.67. The summed E-state index contributed by atoms with van der Waals surface area (Å²) in [5.74, 6) is -0.423. The number of aromatic nitrogens is 1. The number of likely N-dealkylation sites (N-methyl/N-ethyl adjacent to an activating group) is 1. The highest BCUT2D eigenvalue weighted by atomic mass is 16.2. The zero-order chi connectivity index (χ0) is 23.6. The molecule has 0 unspecified atom stereocenters. The summed E-state index contributed by atoms with van der Waals surface area (Å²) in [6.07, 6.45) is 0. The molecule has 3 amide bonds. The van der Waals surface area contributed by atoms with E-state index in [0.717, 1.165) is 11.3 Å². The molecular formula is C25H27N5O3. The van der Waals surface area contributed by atoms with Crippen LogP contribution < -0.4 is 16.0 Å². The maximum Gasteiger partial charge on any atom is 0.253 e. The maximum absolute atomic E-state index is 12.7. The zero-order valence-corrected chi connectivity index (χ0v) is 18.7. The molecule has 1 aromatic heterocycles. The Morgan fingerprint density at radius 3 is 2.21 bits per heavy atom. The van der Waals surface area contributed by atoms with Gasteiger partial charge in [-0.2, -0.15) is 0 Å². The van der Waals surface area contributed by atoms with Crippen molar-refractivity contribution in [1.29, 1.82) is 0 Å². The molecule has 3 aromatic rings. The second-order valence-corrected chi connectivity index (χ2v) is 7.65. The van der Waals surface area contributed by atoms with Gasteiger partial charge in [0.1, 0.15) is 5.82 Å². The zero-order valence-electron chi connectivity index (χ0n) is 18.7. The third-order valence-electron chi connectivity index (χ3n) is 4.72. The largest absolute Gasteiger partial charge is 0.348 e. The highest BCUT2D eigenvalue weighted by molar-refractivity contribution is 6.04. The number of nitrogens with zero attached hydrogens (tertiary/aromatic N) is 2. The van der Waals surface area contributed by atoms with Gasteiger partial charge in [0.2, 0.25) is 11.8 Å². The van der Waals surface area contributed by atoms with Crippen LogP contribution in [0.5, 0.6) is 0 Å². The van der Waals surface area contributed by atoms with Crippen LogP contribution in [0.2, 0.25) is 0 Å². The lowest BCUT2D eigenvalue weighted by Crippen LogP contribution is -2.36. The fraction of sp³-hybridized carbons (Fsp3) is 0.200. The molecule has 3 rings (SSSR count). The summed E-state index contributed by atoms with van der Waals surface area (Å²) in [5, 5.41) is 8.34. The quantitative estimate of drug-likeness (QED) is 0.470. The minimum absolute atomic E-state index is 0.0161. The van der Waals surface area contributed by atoms with E-state index >= 15 is 0 Å². The molecule has 33 heavy (non-hydrogen) atoms. The normalized spacial score (nSPS) is 10.5. The van der Waals surface area contributed by atoms with Crippen molar-refractivity contribution in [3.8, 4) is 0 Å². The Balaban J connectivity index is 1.52. The number of para-hydroxylation sites is 1. The van der Waals surface area contributed by atoms with Gasteiger partial charge in [-0.05, 0) is 43.8 Å². The molecule has 8 nitrogen and oxygen atoms in total. The van der Waals surface area contributed by atoms with E-state index in [-0.39, 0.29) is 30.8 Å². The van der Waals surface area contributed by atoms with Crippen LogP contribution in [-0.2, 0) is 16.1 Å². The van der Waals surface area contributed by atoms with Crippen LogP contribution >= 0.6 is 0 Å².